The van der Waals surface area contributed by atoms with E-state index < -0.39 is 0 Å². The maximum atomic E-state index is 13.1. The predicted molar refractivity (Wildman–Crippen MR) is 62.7 cm³/mol. The van der Waals surface area contributed by atoms with Gasteiger partial charge in [0.2, 0.25) is 0 Å². The van der Waals surface area contributed by atoms with E-state index in [1.54, 1.807) is 6.92 Å². The summed E-state index contributed by atoms with van der Waals surface area (Å²) in [6, 6.07) is 10.2. The molecular weight excluding hydrogens is 219 g/mol. The van der Waals surface area contributed by atoms with Gasteiger partial charge in [-0.3, -0.25) is 4.79 Å². The van der Waals surface area contributed by atoms with Gasteiger partial charge in [0, 0.05) is 11.1 Å². The number of aromatic hydroxyl groups is 1. The summed E-state index contributed by atoms with van der Waals surface area (Å²) in [6.45, 7) is 1.61. The summed E-state index contributed by atoms with van der Waals surface area (Å²) in [7, 11) is 0. The van der Waals surface area contributed by atoms with Crippen molar-refractivity contribution in [3.63, 3.8) is 0 Å². The fraction of sp³-hybridized carbons (Fsp3) is 0.0714. The van der Waals surface area contributed by atoms with Gasteiger partial charge in [-0.05, 0) is 55.0 Å². The van der Waals surface area contributed by atoms with Crippen molar-refractivity contribution in [3.8, 4) is 5.75 Å². The molecule has 0 aliphatic rings. The largest absolute Gasteiger partial charge is 0.508 e. The molecule has 0 radical (unpaired) electrons. The van der Waals surface area contributed by atoms with Crippen LogP contribution in [0, 0.1) is 12.7 Å². The number of phenols is 1. The van der Waals surface area contributed by atoms with Crippen LogP contribution in [0.4, 0.5) is 4.39 Å². The maximum absolute atomic E-state index is 13.1. The highest BCUT2D eigenvalue weighted by Gasteiger charge is 2.10. The quantitative estimate of drug-likeness (QED) is 0.805. The number of carbonyl (C=O) groups is 1. The highest BCUT2D eigenvalue weighted by Crippen LogP contribution is 2.16. The maximum Gasteiger partial charge on any atom is 0.193 e. The van der Waals surface area contributed by atoms with Crippen LogP contribution in [0.2, 0.25) is 0 Å². The van der Waals surface area contributed by atoms with E-state index in [-0.39, 0.29) is 17.3 Å². The van der Waals surface area contributed by atoms with Crippen molar-refractivity contribution in [1.82, 2.24) is 0 Å². The molecule has 17 heavy (non-hydrogen) atoms. The van der Waals surface area contributed by atoms with Gasteiger partial charge in [-0.1, -0.05) is 0 Å². The zero-order chi connectivity index (χ0) is 12.4. The Morgan fingerprint density at radius 3 is 2.24 bits per heavy atom. The third-order valence-electron chi connectivity index (χ3n) is 2.55. The number of halogens is 1. The number of hydrogen-bond donors (Lipinski definition) is 1. The van der Waals surface area contributed by atoms with Gasteiger partial charge < -0.3 is 5.11 Å². The first kappa shape index (κ1) is 11.3. The minimum atomic E-state index is -0.327. The van der Waals surface area contributed by atoms with Gasteiger partial charge in [-0.15, -0.1) is 0 Å². The van der Waals surface area contributed by atoms with Gasteiger partial charge in [0.05, 0.1) is 0 Å². The van der Waals surface area contributed by atoms with E-state index in [0.717, 1.165) is 0 Å². The normalized spacial score (nSPS) is 10.2. The van der Waals surface area contributed by atoms with Crippen LogP contribution in [0.1, 0.15) is 21.5 Å². The van der Waals surface area contributed by atoms with E-state index in [0.29, 0.717) is 16.7 Å². The van der Waals surface area contributed by atoms with E-state index in [4.69, 9.17) is 5.11 Å². The summed E-state index contributed by atoms with van der Waals surface area (Å²) in [5.74, 6) is -0.405. The van der Waals surface area contributed by atoms with E-state index in [1.165, 1.54) is 42.5 Å². The molecule has 0 aliphatic carbocycles. The lowest BCUT2D eigenvalue weighted by Gasteiger charge is -2.03. The number of phenolic OH excluding ortho intramolecular Hbond substituents is 1. The van der Waals surface area contributed by atoms with Crippen LogP contribution in [-0.4, -0.2) is 10.9 Å². The molecule has 0 fully saturated rings. The Kier molecular flexibility index (Phi) is 2.91. The lowest BCUT2D eigenvalue weighted by atomic mass is 10.0. The highest BCUT2D eigenvalue weighted by molar-refractivity contribution is 6.09. The Morgan fingerprint density at radius 1 is 1.06 bits per heavy atom. The molecule has 3 heteroatoms. The van der Waals surface area contributed by atoms with E-state index >= 15 is 0 Å². The standard InChI is InChI=1S/C14H11FO2/c1-9-8-11(4-7-13(9)15)14(17)10-2-5-12(16)6-3-10/h2-8,16H,1H3. The van der Waals surface area contributed by atoms with Crippen molar-refractivity contribution in [1.29, 1.82) is 0 Å². The third kappa shape index (κ3) is 2.33. The number of ketones is 1. The highest BCUT2D eigenvalue weighted by atomic mass is 19.1. The molecule has 0 atom stereocenters. The molecule has 0 aromatic heterocycles. The van der Waals surface area contributed by atoms with Crippen LogP contribution in [0.25, 0.3) is 0 Å². The number of benzene rings is 2. The fourth-order valence-corrected chi connectivity index (χ4v) is 1.57. The molecule has 2 aromatic rings. The topological polar surface area (TPSA) is 37.3 Å². The molecular formula is C14H11FO2. The van der Waals surface area contributed by atoms with E-state index in [1.807, 2.05) is 0 Å². The second kappa shape index (κ2) is 4.37. The van der Waals surface area contributed by atoms with Crippen molar-refractivity contribution in [2.45, 2.75) is 6.92 Å². The minimum Gasteiger partial charge on any atom is -0.508 e. The Hall–Kier alpha value is -2.16. The van der Waals surface area contributed by atoms with Gasteiger partial charge in [-0.2, -0.15) is 0 Å². The summed E-state index contributed by atoms with van der Waals surface area (Å²) >= 11 is 0. The fourth-order valence-electron chi connectivity index (χ4n) is 1.57. The molecule has 0 amide bonds. The Labute approximate surface area is 98.3 Å². The Bertz CT molecular complexity index is 559. The Balaban J connectivity index is 2.37. The van der Waals surface area contributed by atoms with Crippen LogP contribution in [0.15, 0.2) is 42.5 Å². The number of rotatable bonds is 2. The van der Waals surface area contributed by atoms with Crippen molar-refractivity contribution in [2.24, 2.45) is 0 Å². The average molecular weight is 230 g/mol. The summed E-state index contributed by atoms with van der Waals surface area (Å²) in [6.07, 6.45) is 0. The summed E-state index contributed by atoms with van der Waals surface area (Å²) in [5, 5.41) is 9.13. The first-order valence-electron chi connectivity index (χ1n) is 5.18. The minimum absolute atomic E-state index is 0.108. The van der Waals surface area contributed by atoms with Crippen molar-refractivity contribution < 1.29 is 14.3 Å². The van der Waals surface area contributed by atoms with E-state index in [2.05, 4.69) is 0 Å². The monoisotopic (exact) mass is 230 g/mol. The summed E-state index contributed by atoms with van der Waals surface area (Å²) in [4.78, 5) is 12.0. The van der Waals surface area contributed by atoms with Crippen LogP contribution in [-0.2, 0) is 0 Å². The van der Waals surface area contributed by atoms with Gasteiger partial charge in [0.25, 0.3) is 0 Å². The molecule has 86 valence electrons. The number of carbonyl (C=O) groups excluding carboxylic acids is 1. The summed E-state index contributed by atoms with van der Waals surface area (Å²) < 4.78 is 13.1. The predicted octanol–water partition coefficient (Wildman–Crippen LogP) is 3.07. The molecule has 0 saturated heterocycles. The van der Waals surface area contributed by atoms with Crippen LogP contribution in [0.5, 0.6) is 5.75 Å². The smallest absolute Gasteiger partial charge is 0.193 e. The van der Waals surface area contributed by atoms with Gasteiger partial charge in [0.1, 0.15) is 11.6 Å². The van der Waals surface area contributed by atoms with Gasteiger partial charge >= 0.3 is 0 Å². The van der Waals surface area contributed by atoms with Crippen LogP contribution in [0.3, 0.4) is 0 Å². The molecule has 1 N–H and O–H groups in total. The lowest BCUT2D eigenvalue weighted by molar-refractivity contribution is 0.103. The molecule has 0 saturated carbocycles. The molecule has 2 aromatic carbocycles. The molecule has 0 spiro atoms. The third-order valence-corrected chi connectivity index (χ3v) is 2.55. The van der Waals surface area contributed by atoms with Crippen LogP contribution < -0.4 is 0 Å². The average Bonchev–Trinajstić information content (AvgIpc) is 2.33. The number of hydrogen-bond acceptors (Lipinski definition) is 2. The molecule has 0 unspecified atom stereocenters. The second-order valence-corrected chi connectivity index (χ2v) is 3.84. The first-order chi connectivity index (χ1) is 8.08. The van der Waals surface area contributed by atoms with Gasteiger partial charge in [-0.25, -0.2) is 4.39 Å². The van der Waals surface area contributed by atoms with Crippen molar-refractivity contribution in [2.75, 3.05) is 0 Å². The van der Waals surface area contributed by atoms with E-state index in [9.17, 15) is 9.18 Å². The van der Waals surface area contributed by atoms with Crippen molar-refractivity contribution >= 4 is 5.78 Å². The molecule has 0 bridgehead atoms. The zero-order valence-electron chi connectivity index (χ0n) is 9.27. The van der Waals surface area contributed by atoms with Crippen LogP contribution >= 0.6 is 0 Å². The zero-order valence-corrected chi connectivity index (χ0v) is 9.27. The molecule has 0 heterocycles. The number of aryl methyl sites for hydroxylation is 1. The summed E-state index contributed by atoms with van der Waals surface area (Å²) in [5.41, 5.74) is 1.35. The van der Waals surface area contributed by atoms with Crippen molar-refractivity contribution in [3.05, 3.63) is 65.0 Å². The lowest BCUT2D eigenvalue weighted by Crippen LogP contribution is -2.01. The molecule has 2 rings (SSSR count). The Morgan fingerprint density at radius 2 is 1.65 bits per heavy atom. The first-order valence-corrected chi connectivity index (χ1v) is 5.18. The molecule has 2 nitrogen and oxygen atoms in total. The SMILES string of the molecule is Cc1cc(C(=O)c2ccc(O)cc2)ccc1F. The molecule has 0 aliphatic heterocycles. The second-order valence-electron chi connectivity index (χ2n) is 3.84. The van der Waals surface area contributed by atoms with Gasteiger partial charge in [0.15, 0.2) is 5.78 Å².